The number of aromatic nitrogens is 2. The summed E-state index contributed by atoms with van der Waals surface area (Å²) >= 11 is 0. The van der Waals surface area contributed by atoms with E-state index in [1.54, 1.807) is 0 Å². The summed E-state index contributed by atoms with van der Waals surface area (Å²) in [5.74, 6) is 0.199. The largest absolute Gasteiger partial charge is 0.334 e. The van der Waals surface area contributed by atoms with Gasteiger partial charge in [0, 0.05) is 24.4 Å². The van der Waals surface area contributed by atoms with E-state index < -0.39 is 0 Å². The molecule has 3 heteroatoms. The number of halogens is 1. The van der Waals surface area contributed by atoms with Crippen LogP contribution in [0.4, 0.5) is 4.39 Å². The Balaban J connectivity index is 2.00. The van der Waals surface area contributed by atoms with Gasteiger partial charge in [-0.2, -0.15) is 0 Å². The summed E-state index contributed by atoms with van der Waals surface area (Å²) in [7, 11) is 0. The van der Waals surface area contributed by atoms with Crippen molar-refractivity contribution < 1.29 is 4.39 Å². The van der Waals surface area contributed by atoms with Crippen molar-refractivity contribution in [2.45, 2.75) is 25.3 Å². The minimum Gasteiger partial charge on any atom is -0.334 e. The predicted octanol–water partition coefficient (Wildman–Crippen LogP) is 2.95. The van der Waals surface area contributed by atoms with Crippen molar-refractivity contribution in [3.63, 3.8) is 0 Å². The van der Waals surface area contributed by atoms with Crippen molar-refractivity contribution in [2.75, 3.05) is 0 Å². The molecule has 1 unspecified atom stereocenters. The molecule has 82 valence electrons. The fraction of sp³-hybridized carbons (Fsp3) is 0.308. The number of nitrogens with zero attached hydrogens (tertiary/aromatic N) is 2. The second-order valence-corrected chi connectivity index (χ2v) is 4.26. The third-order valence-electron chi connectivity index (χ3n) is 3.27. The van der Waals surface area contributed by atoms with Gasteiger partial charge in [0.25, 0.3) is 0 Å². The zero-order valence-electron chi connectivity index (χ0n) is 8.94. The van der Waals surface area contributed by atoms with E-state index in [-0.39, 0.29) is 5.82 Å². The molecule has 1 aromatic heterocycles. The van der Waals surface area contributed by atoms with Crippen molar-refractivity contribution in [3.8, 4) is 0 Å². The van der Waals surface area contributed by atoms with Gasteiger partial charge in [-0.15, -0.1) is 0 Å². The lowest BCUT2D eigenvalue weighted by Gasteiger charge is -2.24. The quantitative estimate of drug-likeness (QED) is 0.716. The van der Waals surface area contributed by atoms with Crippen LogP contribution in [0.1, 0.15) is 30.0 Å². The number of imidazole rings is 1. The van der Waals surface area contributed by atoms with Crippen LogP contribution in [0.25, 0.3) is 0 Å². The first-order valence-corrected chi connectivity index (χ1v) is 5.60. The molecule has 0 radical (unpaired) electrons. The molecule has 0 fully saturated rings. The van der Waals surface area contributed by atoms with Gasteiger partial charge in [-0.1, -0.05) is 12.1 Å². The lowest BCUT2D eigenvalue weighted by molar-refractivity contribution is 0.490. The van der Waals surface area contributed by atoms with Gasteiger partial charge in [-0.25, -0.2) is 9.37 Å². The van der Waals surface area contributed by atoms with Crippen LogP contribution in [-0.4, -0.2) is 9.55 Å². The molecule has 2 aromatic rings. The molecule has 2 nitrogen and oxygen atoms in total. The smallest absolute Gasteiger partial charge is 0.123 e. The van der Waals surface area contributed by atoms with Crippen LogP contribution in [0.15, 0.2) is 36.8 Å². The SMILES string of the molecule is Fc1ccc(C2CCCn3cncc32)cc1. The molecule has 1 aromatic carbocycles. The summed E-state index contributed by atoms with van der Waals surface area (Å²) in [6.45, 7) is 1.05. The molecule has 0 bridgehead atoms. The standard InChI is InChI=1S/C13H13FN2/c14-11-5-3-10(4-6-11)12-2-1-7-16-9-15-8-13(12)16/h3-6,8-9,12H,1-2,7H2. The highest BCUT2D eigenvalue weighted by Crippen LogP contribution is 2.32. The van der Waals surface area contributed by atoms with Gasteiger partial charge in [0.15, 0.2) is 0 Å². The van der Waals surface area contributed by atoms with E-state index in [1.807, 2.05) is 24.7 Å². The minimum atomic E-state index is -0.173. The lowest BCUT2D eigenvalue weighted by atomic mass is 9.89. The van der Waals surface area contributed by atoms with Crippen LogP contribution in [0.3, 0.4) is 0 Å². The van der Waals surface area contributed by atoms with E-state index >= 15 is 0 Å². The average Bonchev–Trinajstić information content (AvgIpc) is 2.78. The molecule has 0 N–H and O–H groups in total. The predicted molar refractivity (Wildman–Crippen MR) is 59.7 cm³/mol. The monoisotopic (exact) mass is 216 g/mol. The maximum Gasteiger partial charge on any atom is 0.123 e. The van der Waals surface area contributed by atoms with Crippen LogP contribution < -0.4 is 0 Å². The Morgan fingerprint density at radius 3 is 2.88 bits per heavy atom. The molecular formula is C13H13FN2. The first kappa shape index (κ1) is 9.58. The number of hydrogen-bond donors (Lipinski definition) is 0. The zero-order valence-corrected chi connectivity index (χ0v) is 8.94. The Morgan fingerprint density at radius 2 is 2.06 bits per heavy atom. The molecule has 0 saturated heterocycles. The second kappa shape index (κ2) is 3.74. The van der Waals surface area contributed by atoms with E-state index in [4.69, 9.17) is 0 Å². The van der Waals surface area contributed by atoms with E-state index in [2.05, 4.69) is 9.55 Å². The summed E-state index contributed by atoms with van der Waals surface area (Å²) in [4.78, 5) is 4.19. The highest BCUT2D eigenvalue weighted by molar-refractivity contribution is 5.29. The lowest BCUT2D eigenvalue weighted by Crippen LogP contribution is -2.15. The number of fused-ring (bicyclic) bond motifs is 1. The van der Waals surface area contributed by atoms with Gasteiger partial charge < -0.3 is 4.57 Å². The van der Waals surface area contributed by atoms with Crippen molar-refractivity contribution in [1.82, 2.24) is 9.55 Å². The fourth-order valence-electron chi connectivity index (χ4n) is 2.45. The maximum absolute atomic E-state index is 12.9. The fourth-order valence-corrected chi connectivity index (χ4v) is 2.45. The zero-order chi connectivity index (χ0) is 11.0. The molecule has 3 rings (SSSR count). The van der Waals surface area contributed by atoms with Gasteiger partial charge in [-0.3, -0.25) is 0 Å². The third kappa shape index (κ3) is 1.52. The van der Waals surface area contributed by atoms with Gasteiger partial charge in [0.05, 0.1) is 6.33 Å². The highest BCUT2D eigenvalue weighted by atomic mass is 19.1. The second-order valence-electron chi connectivity index (χ2n) is 4.26. The van der Waals surface area contributed by atoms with E-state index in [9.17, 15) is 4.39 Å². The Labute approximate surface area is 93.7 Å². The van der Waals surface area contributed by atoms with Crippen molar-refractivity contribution in [2.24, 2.45) is 0 Å². The summed E-state index contributed by atoms with van der Waals surface area (Å²) in [5, 5.41) is 0. The van der Waals surface area contributed by atoms with Crippen LogP contribution in [0.5, 0.6) is 0 Å². The van der Waals surface area contributed by atoms with Gasteiger partial charge in [0.2, 0.25) is 0 Å². The first-order valence-electron chi connectivity index (χ1n) is 5.60. The van der Waals surface area contributed by atoms with Crippen molar-refractivity contribution in [1.29, 1.82) is 0 Å². The van der Waals surface area contributed by atoms with Gasteiger partial charge in [-0.05, 0) is 30.5 Å². The van der Waals surface area contributed by atoms with Gasteiger partial charge in [0.1, 0.15) is 5.82 Å². The van der Waals surface area contributed by atoms with Crippen LogP contribution in [0, 0.1) is 5.82 Å². The normalized spacial score (nSPS) is 19.4. The molecule has 0 aliphatic carbocycles. The van der Waals surface area contributed by atoms with Crippen LogP contribution in [0.2, 0.25) is 0 Å². The van der Waals surface area contributed by atoms with Crippen molar-refractivity contribution in [3.05, 3.63) is 53.9 Å². The first-order chi connectivity index (χ1) is 7.84. The summed E-state index contributed by atoms with van der Waals surface area (Å²) in [6, 6.07) is 6.82. The Morgan fingerprint density at radius 1 is 1.25 bits per heavy atom. The molecule has 1 aliphatic heterocycles. The Bertz CT molecular complexity index is 487. The van der Waals surface area contributed by atoms with E-state index in [0.717, 1.165) is 19.4 Å². The summed E-state index contributed by atoms with van der Waals surface area (Å²) < 4.78 is 15.1. The van der Waals surface area contributed by atoms with Crippen LogP contribution >= 0.6 is 0 Å². The number of benzene rings is 1. The van der Waals surface area contributed by atoms with Crippen molar-refractivity contribution >= 4 is 0 Å². The van der Waals surface area contributed by atoms with Crippen LogP contribution in [-0.2, 0) is 6.54 Å². The topological polar surface area (TPSA) is 17.8 Å². The Hall–Kier alpha value is -1.64. The molecule has 0 amide bonds. The summed E-state index contributed by atoms with van der Waals surface area (Å²) in [5.41, 5.74) is 2.43. The average molecular weight is 216 g/mol. The Kier molecular flexibility index (Phi) is 2.24. The molecule has 16 heavy (non-hydrogen) atoms. The minimum absolute atomic E-state index is 0.173. The third-order valence-corrected chi connectivity index (χ3v) is 3.27. The number of rotatable bonds is 1. The highest BCUT2D eigenvalue weighted by Gasteiger charge is 2.21. The maximum atomic E-state index is 12.9. The molecule has 0 saturated carbocycles. The van der Waals surface area contributed by atoms with E-state index in [0.29, 0.717) is 5.92 Å². The number of aryl methyl sites for hydroxylation is 1. The number of hydrogen-bond acceptors (Lipinski definition) is 1. The van der Waals surface area contributed by atoms with E-state index in [1.165, 1.54) is 23.4 Å². The summed E-state index contributed by atoms with van der Waals surface area (Å²) in [6.07, 6.45) is 6.08. The molecule has 1 atom stereocenters. The molecule has 0 spiro atoms. The molecule has 2 heterocycles. The van der Waals surface area contributed by atoms with Gasteiger partial charge >= 0.3 is 0 Å². The molecule has 1 aliphatic rings. The molecular weight excluding hydrogens is 203 g/mol.